The van der Waals surface area contributed by atoms with Gasteiger partial charge in [0.1, 0.15) is 12.4 Å². The van der Waals surface area contributed by atoms with Gasteiger partial charge in [-0.05, 0) is 12.1 Å². The highest BCUT2D eigenvalue weighted by atomic mass is 35.5. The maximum Gasteiger partial charge on any atom is 0.231 e. The molecule has 0 aliphatic carbocycles. The van der Waals surface area contributed by atoms with Crippen LogP contribution in [0.4, 0.5) is 0 Å². The van der Waals surface area contributed by atoms with Crippen molar-refractivity contribution in [1.29, 1.82) is 0 Å². The summed E-state index contributed by atoms with van der Waals surface area (Å²) in [5, 5.41) is 0. The van der Waals surface area contributed by atoms with Gasteiger partial charge in [0.2, 0.25) is 6.79 Å². The molecule has 2 rings (SSSR count). The van der Waals surface area contributed by atoms with Gasteiger partial charge in [0.15, 0.2) is 11.5 Å². The van der Waals surface area contributed by atoms with E-state index >= 15 is 0 Å². The number of fused-ring (bicyclic) bond motifs is 1. The minimum absolute atomic E-state index is 0.275. The molecule has 0 fully saturated rings. The van der Waals surface area contributed by atoms with E-state index in [9.17, 15) is 0 Å². The van der Waals surface area contributed by atoms with Gasteiger partial charge in [0, 0.05) is 11.9 Å². The van der Waals surface area contributed by atoms with E-state index in [1.807, 2.05) is 18.2 Å². The molecule has 5 heteroatoms. The van der Waals surface area contributed by atoms with Gasteiger partial charge >= 0.3 is 0 Å². The average molecular weight is 245 g/mol. The predicted octanol–water partition coefficient (Wildman–Crippen LogP) is 2.05. The SMILES string of the molecule is ClCCOCCOc1ccc2c(c1)OCO2. The predicted molar refractivity (Wildman–Crippen MR) is 59.6 cm³/mol. The molecule has 0 N–H and O–H groups in total. The lowest BCUT2D eigenvalue weighted by Gasteiger charge is -2.06. The van der Waals surface area contributed by atoms with Crippen LogP contribution in [0.2, 0.25) is 0 Å². The zero-order valence-corrected chi connectivity index (χ0v) is 9.53. The number of hydrogen-bond donors (Lipinski definition) is 0. The lowest BCUT2D eigenvalue weighted by molar-refractivity contribution is 0.111. The molecule has 0 aromatic heterocycles. The third-order valence-electron chi connectivity index (χ3n) is 2.06. The van der Waals surface area contributed by atoms with Gasteiger partial charge in [-0.25, -0.2) is 0 Å². The zero-order valence-electron chi connectivity index (χ0n) is 8.78. The van der Waals surface area contributed by atoms with Crippen molar-refractivity contribution in [3.05, 3.63) is 18.2 Å². The van der Waals surface area contributed by atoms with E-state index < -0.39 is 0 Å². The van der Waals surface area contributed by atoms with Crippen LogP contribution in [-0.4, -0.2) is 32.5 Å². The van der Waals surface area contributed by atoms with Crippen LogP contribution in [0.3, 0.4) is 0 Å². The monoisotopic (exact) mass is 244 g/mol. The molecule has 1 aliphatic heterocycles. The molecular weight excluding hydrogens is 232 g/mol. The van der Waals surface area contributed by atoms with Crippen molar-refractivity contribution in [2.45, 2.75) is 0 Å². The standard InChI is InChI=1S/C11H13ClO4/c12-3-4-13-5-6-14-9-1-2-10-11(7-9)16-8-15-10/h1-2,7H,3-6,8H2. The number of halogens is 1. The van der Waals surface area contributed by atoms with Crippen molar-refractivity contribution in [2.24, 2.45) is 0 Å². The summed E-state index contributed by atoms with van der Waals surface area (Å²) < 4.78 is 21.1. The van der Waals surface area contributed by atoms with E-state index in [1.165, 1.54) is 0 Å². The molecule has 1 aromatic carbocycles. The van der Waals surface area contributed by atoms with Crippen LogP contribution in [0.1, 0.15) is 0 Å². The molecule has 1 aromatic rings. The first kappa shape index (κ1) is 11.4. The summed E-state index contributed by atoms with van der Waals surface area (Å²) >= 11 is 5.47. The molecule has 4 nitrogen and oxygen atoms in total. The van der Waals surface area contributed by atoms with Crippen LogP contribution in [0.25, 0.3) is 0 Å². The van der Waals surface area contributed by atoms with E-state index in [1.54, 1.807) is 0 Å². The van der Waals surface area contributed by atoms with Crippen molar-refractivity contribution in [3.63, 3.8) is 0 Å². The first-order valence-electron chi connectivity index (χ1n) is 5.06. The molecule has 1 aliphatic rings. The van der Waals surface area contributed by atoms with Crippen molar-refractivity contribution in [3.8, 4) is 17.2 Å². The smallest absolute Gasteiger partial charge is 0.231 e. The van der Waals surface area contributed by atoms with Crippen LogP contribution in [0, 0.1) is 0 Å². The van der Waals surface area contributed by atoms with Crippen LogP contribution < -0.4 is 14.2 Å². The Morgan fingerprint density at radius 2 is 2.00 bits per heavy atom. The number of rotatable bonds is 6. The third kappa shape index (κ3) is 2.93. The molecule has 1 heterocycles. The lowest BCUT2D eigenvalue weighted by Crippen LogP contribution is -2.07. The second-order valence-electron chi connectivity index (χ2n) is 3.16. The van der Waals surface area contributed by atoms with E-state index in [4.69, 9.17) is 30.5 Å². The summed E-state index contributed by atoms with van der Waals surface area (Å²) in [4.78, 5) is 0. The maximum absolute atomic E-state index is 5.47. The summed E-state index contributed by atoms with van der Waals surface area (Å²) in [5.41, 5.74) is 0. The minimum atomic E-state index is 0.275. The Labute approximate surface area is 99.0 Å². The maximum atomic E-state index is 5.47. The van der Waals surface area contributed by atoms with Crippen LogP contribution in [0.5, 0.6) is 17.2 Å². The normalized spacial score (nSPS) is 12.8. The van der Waals surface area contributed by atoms with Gasteiger partial charge < -0.3 is 18.9 Å². The van der Waals surface area contributed by atoms with Crippen LogP contribution >= 0.6 is 11.6 Å². The topological polar surface area (TPSA) is 36.9 Å². The highest BCUT2D eigenvalue weighted by Gasteiger charge is 2.13. The second kappa shape index (κ2) is 5.82. The van der Waals surface area contributed by atoms with Crippen molar-refractivity contribution in [1.82, 2.24) is 0 Å². The van der Waals surface area contributed by atoms with E-state index in [0.717, 1.165) is 17.2 Å². The third-order valence-corrected chi connectivity index (χ3v) is 2.22. The van der Waals surface area contributed by atoms with E-state index in [-0.39, 0.29) is 6.79 Å². The highest BCUT2D eigenvalue weighted by Crippen LogP contribution is 2.34. The molecule has 0 saturated carbocycles. The number of alkyl halides is 1. The summed E-state index contributed by atoms with van der Waals surface area (Å²) in [6.07, 6.45) is 0. The molecule has 0 radical (unpaired) electrons. The quantitative estimate of drug-likeness (QED) is 0.567. The molecule has 0 unspecified atom stereocenters. The Kier molecular flexibility index (Phi) is 4.13. The van der Waals surface area contributed by atoms with Gasteiger partial charge in [-0.2, -0.15) is 0 Å². The largest absolute Gasteiger partial charge is 0.491 e. The average Bonchev–Trinajstić information content (AvgIpc) is 2.76. The number of benzene rings is 1. The molecule has 88 valence electrons. The van der Waals surface area contributed by atoms with Gasteiger partial charge in [0.05, 0.1) is 13.2 Å². The fraction of sp³-hybridized carbons (Fsp3) is 0.455. The number of hydrogen-bond acceptors (Lipinski definition) is 4. The Morgan fingerprint density at radius 3 is 2.88 bits per heavy atom. The second-order valence-corrected chi connectivity index (χ2v) is 3.54. The number of ether oxygens (including phenoxy) is 4. The van der Waals surface area contributed by atoms with Gasteiger partial charge in [0.25, 0.3) is 0 Å². The Morgan fingerprint density at radius 1 is 1.12 bits per heavy atom. The molecule has 0 spiro atoms. The van der Waals surface area contributed by atoms with Gasteiger partial charge in [-0.1, -0.05) is 0 Å². The van der Waals surface area contributed by atoms with Crippen LogP contribution in [0.15, 0.2) is 18.2 Å². The van der Waals surface area contributed by atoms with Crippen LogP contribution in [-0.2, 0) is 4.74 Å². The first-order chi connectivity index (χ1) is 7.90. The summed E-state index contributed by atoms with van der Waals surface area (Å²) in [6.45, 7) is 1.85. The Bertz CT molecular complexity index is 343. The molecule has 0 bridgehead atoms. The van der Waals surface area contributed by atoms with Crippen molar-refractivity contribution in [2.75, 3.05) is 32.5 Å². The zero-order chi connectivity index (χ0) is 11.2. The highest BCUT2D eigenvalue weighted by molar-refractivity contribution is 6.17. The van der Waals surface area contributed by atoms with Crippen molar-refractivity contribution < 1.29 is 18.9 Å². The summed E-state index contributed by atoms with van der Waals surface area (Å²) in [5.74, 6) is 2.73. The van der Waals surface area contributed by atoms with Gasteiger partial charge in [-0.15, -0.1) is 11.6 Å². The summed E-state index contributed by atoms with van der Waals surface area (Å²) in [7, 11) is 0. The lowest BCUT2D eigenvalue weighted by atomic mass is 10.3. The Balaban J connectivity index is 1.77. The van der Waals surface area contributed by atoms with Gasteiger partial charge in [-0.3, -0.25) is 0 Å². The van der Waals surface area contributed by atoms with E-state index in [2.05, 4.69) is 0 Å². The van der Waals surface area contributed by atoms with Crippen molar-refractivity contribution >= 4 is 11.6 Å². The fourth-order valence-electron chi connectivity index (χ4n) is 1.34. The summed E-state index contributed by atoms with van der Waals surface area (Å²) in [6, 6.07) is 5.48. The molecule has 16 heavy (non-hydrogen) atoms. The first-order valence-corrected chi connectivity index (χ1v) is 5.60. The molecule has 0 amide bonds. The molecular formula is C11H13ClO4. The van der Waals surface area contributed by atoms with E-state index in [0.29, 0.717) is 25.7 Å². The molecule has 0 saturated heterocycles. The fourth-order valence-corrected chi connectivity index (χ4v) is 1.45. The molecule has 0 atom stereocenters. The minimum Gasteiger partial charge on any atom is -0.491 e. The Hall–Kier alpha value is -1.13.